The van der Waals surface area contributed by atoms with Crippen molar-refractivity contribution in [1.82, 2.24) is 10.6 Å². The van der Waals surface area contributed by atoms with Crippen molar-refractivity contribution in [3.05, 3.63) is 63.6 Å². The topological polar surface area (TPSA) is 104 Å². The summed E-state index contributed by atoms with van der Waals surface area (Å²) in [7, 11) is 0. The third kappa shape index (κ3) is 5.06. The first-order valence-corrected chi connectivity index (χ1v) is 10.5. The first-order chi connectivity index (χ1) is 14.7. The number of carbonyl (C=O) groups excluding carboxylic acids is 4. The molecule has 1 saturated heterocycles. The highest BCUT2D eigenvalue weighted by Gasteiger charge is 2.42. The maximum Gasteiger partial charge on any atom is 0.253 e. The van der Waals surface area contributed by atoms with Crippen molar-refractivity contribution in [2.75, 3.05) is 11.9 Å². The molecule has 1 fully saturated rings. The molecule has 0 bridgehead atoms. The van der Waals surface area contributed by atoms with Crippen LogP contribution >= 0.6 is 23.2 Å². The number of hydrogen-bond donors (Lipinski definition) is 3. The molecule has 0 spiro atoms. The predicted molar refractivity (Wildman–Crippen MR) is 118 cm³/mol. The van der Waals surface area contributed by atoms with Crippen LogP contribution in [0.25, 0.3) is 0 Å². The Balaban J connectivity index is 1.60. The van der Waals surface area contributed by atoms with Crippen molar-refractivity contribution < 1.29 is 19.2 Å². The highest BCUT2D eigenvalue weighted by molar-refractivity contribution is 6.36. The lowest BCUT2D eigenvalue weighted by Gasteiger charge is -2.35. The van der Waals surface area contributed by atoms with Crippen LogP contribution < -0.4 is 16.0 Å². The molecule has 9 heteroatoms. The average molecular weight is 462 g/mol. The Morgan fingerprint density at radius 1 is 1.10 bits per heavy atom. The standard InChI is InChI=1S/C22H21Cl2N3O4/c1-2-22(10-9-18(28)27-21(22)31)13-3-6-15(7-4-13)26-19(29)12-25-20(30)16-8-5-14(23)11-17(16)24/h3-8,11H,2,9-10,12H2,1H3,(H,25,30)(H,26,29)(H,27,28,31). The van der Waals surface area contributed by atoms with Crippen LogP contribution in [0.3, 0.4) is 0 Å². The van der Waals surface area contributed by atoms with Gasteiger partial charge in [-0.25, -0.2) is 0 Å². The zero-order valence-electron chi connectivity index (χ0n) is 16.8. The van der Waals surface area contributed by atoms with Gasteiger partial charge in [0.05, 0.1) is 22.5 Å². The summed E-state index contributed by atoms with van der Waals surface area (Å²) in [5.74, 6) is -1.47. The molecule has 1 aliphatic heterocycles. The molecule has 0 aliphatic carbocycles. The number of halogens is 2. The first-order valence-electron chi connectivity index (χ1n) is 9.73. The number of piperidine rings is 1. The summed E-state index contributed by atoms with van der Waals surface area (Å²) in [6.45, 7) is 1.66. The number of amides is 4. The number of anilines is 1. The Bertz CT molecular complexity index is 1040. The summed E-state index contributed by atoms with van der Waals surface area (Å²) < 4.78 is 0. The van der Waals surface area contributed by atoms with Crippen LogP contribution in [0, 0.1) is 0 Å². The second-order valence-corrected chi connectivity index (χ2v) is 8.09. The highest BCUT2D eigenvalue weighted by Crippen LogP contribution is 2.36. The molecule has 162 valence electrons. The molecule has 2 aromatic carbocycles. The van der Waals surface area contributed by atoms with Gasteiger partial charge in [-0.15, -0.1) is 0 Å². The van der Waals surface area contributed by atoms with Gasteiger partial charge in [-0.2, -0.15) is 0 Å². The number of hydrogen-bond acceptors (Lipinski definition) is 4. The van der Waals surface area contributed by atoms with E-state index in [0.29, 0.717) is 23.6 Å². The molecule has 0 radical (unpaired) electrons. The molecule has 1 atom stereocenters. The molecular formula is C22H21Cl2N3O4. The van der Waals surface area contributed by atoms with Gasteiger partial charge >= 0.3 is 0 Å². The second-order valence-electron chi connectivity index (χ2n) is 7.25. The van der Waals surface area contributed by atoms with Crippen molar-refractivity contribution in [2.45, 2.75) is 31.6 Å². The van der Waals surface area contributed by atoms with Gasteiger partial charge in [-0.1, -0.05) is 42.3 Å². The summed E-state index contributed by atoms with van der Waals surface area (Å²) in [6.07, 6.45) is 1.28. The van der Waals surface area contributed by atoms with E-state index in [-0.39, 0.29) is 35.4 Å². The largest absolute Gasteiger partial charge is 0.343 e. The Morgan fingerprint density at radius 3 is 2.42 bits per heavy atom. The van der Waals surface area contributed by atoms with E-state index >= 15 is 0 Å². The molecular weight excluding hydrogens is 441 g/mol. The maximum atomic E-state index is 12.5. The molecule has 0 saturated carbocycles. The summed E-state index contributed by atoms with van der Waals surface area (Å²) in [5, 5.41) is 8.20. The molecule has 1 aliphatic rings. The van der Waals surface area contributed by atoms with Crippen LogP contribution in [0.2, 0.25) is 10.0 Å². The Kier molecular flexibility index (Phi) is 6.97. The Hall–Kier alpha value is -2.90. The van der Waals surface area contributed by atoms with Gasteiger partial charge in [0.25, 0.3) is 5.91 Å². The smallest absolute Gasteiger partial charge is 0.253 e. The van der Waals surface area contributed by atoms with Gasteiger partial charge in [0.2, 0.25) is 17.7 Å². The number of imide groups is 1. The van der Waals surface area contributed by atoms with Crippen molar-refractivity contribution in [2.24, 2.45) is 0 Å². The summed E-state index contributed by atoms with van der Waals surface area (Å²) in [5.41, 5.74) is 0.759. The zero-order valence-corrected chi connectivity index (χ0v) is 18.3. The first kappa shape index (κ1) is 22.8. The fourth-order valence-corrected chi connectivity index (χ4v) is 4.07. The van der Waals surface area contributed by atoms with Crippen LogP contribution in [0.5, 0.6) is 0 Å². The summed E-state index contributed by atoms with van der Waals surface area (Å²) in [4.78, 5) is 48.4. The molecule has 3 rings (SSSR count). The number of carbonyl (C=O) groups is 4. The van der Waals surface area contributed by atoms with Crippen LogP contribution in [0.15, 0.2) is 42.5 Å². The number of rotatable bonds is 6. The fraction of sp³-hybridized carbons (Fsp3) is 0.273. The van der Waals surface area contributed by atoms with Gasteiger partial charge < -0.3 is 10.6 Å². The van der Waals surface area contributed by atoms with Crippen molar-refractivity contribution >= 4 is 52.5 Å². The van der Waals surface area contributed by atoms with Crippen molar-refractivity contribution in [3.8, 4) is 0 Å². The maximum absolute atomic E-state index is 12.5. The normalized spacial score (nSPS) is 18.3. The zero-order chi connectivity index (χ0) is 22.6. The quantitative estimate of drug-likeness (QED) is 0.572. The summed E-state index contributed by atoms with van der Waals surface area (Å²) >= 11 is 11.8. The lowest BCUT2D eigenvalue weighted by Crippen LogP contribution is -2.51. The average Bonchev–Trinajstić information content (AvgIpc) is 2.73. The summed E-state index contributed by atoms with van der Waals surface area (Å²) in [6, 6.07) is 11.4. The van der Waals surface area contributed by atoms with Gasteiger partial charge in [0.1, 0.15) is 0 Å². The van der Waals surface area contributed by atoms with Gasteiger partial charge in [0, 0.05) is 17.1 Å². The monoisotopic (exact) mass is 461 g/mol. The van der Waals surface area contributed by atoms with E-state index in [1.165, 1.54) is 18.2 Å². The molecule has 3 N–H and O–H groups in total. The SMILES string of the molecule is CCC1(c2ccc(NC(=O)CNC(=O)c3ccc(Cl)cc3Cl)cc2)CCC(=O)NC1=O. The van der Waals surface area contributed by atoms with E-state index in [4.69, 9.17) is 23.2 Å². The molecule has 1 heterocycles. The van der Waals surface area contributed by atoms with E-state index in [0.717, 1.165) is 5.56 Å². The van der Waals surface area contributed by atoms with Gasteiger partial charge in [0.15, 0.2) is 0 Å². The minimum atomic E-state index is -0.762. The molecule has 2 aromatic rings. The van der Waals surface area contributed by atoms with Crippen LogP contribution in [0.4, 0.5) is 5.69 Å². The fourth-order valence-electron chi connectivity index (χ4n) is 3.57. The lowest BCUT2D eigenvalue weighted by atomic mass is 9.72. The van der Waals surface area contributed by atoms with E-state index in [1.54, 1.807) is 24.3 Å². The van der Waals surface area contributed by atoms with Crippen molar-refractivity contribution in [1.29, 1.82) is 0 Å². The molecule has 1 unspecified atom stereocenters. The Morgan fingerprint density at radius 2 is 1.81 bits per heavy atom. The van der Waals surface area contributed by atoms with Crippen LogP contribution in [-0.2, 0) is 19.8 Å². The highest BCUT2D eigenvalue weighted by atomic mass is 35.5. The minimum absolute atomic E-state index is 0.194. The predicted octanol–water partition coefficient (Wildman–Crippen LogP) is 3.45. The van der Waals surface area contributed by atoms with Crippen LogP contribution in [-0.4, -0.2) is 30.2 Å². The van der Waals surface area contributed by atoms with E-state index < -0.39 is 17.2 Å². The number of benzene rings is 2. The second kappa shape index (κ2) is 9.49. The molecule has 4 amide bonds. The van der Waals surface area contributed by atoms with Gasteiger partial charge in [-0.05, 0) is 48.7 Å². The van der Waals surface area contributed by atoms with Crippen molar-refractivity contribution in [3.63, 3.8) is 0 Å². The van der Waals surface area contributed by atoms with Gasteiger partial charge in [-0.3, -0.25) is 24.5 Å². The molecule has 7 nitrogen and oxygen atoms in total. The lowest BCUT2D eigenvalue weighted by molar-refractivity contribution is -0.138. The molecule has 0 aromatic heterocycles. The third-order valence-electron chi connectivity index (χ3n) is 5.38. The van der Waals surface area contributed by atoms with E-state index in [9.17, 15) is 19.2 Å². The molecule has 31 heavy (non-hydrogen) atoms. The third-order valence-corrected chi connectivity index (χ3v) is 5.92. The van der Waals surface area contributed by atoms with E-state index in [1.807, 2.05) is 6.92 Å². The Labute approximate surface area is 189 Å². The van der Waals surface area contributed by atoms with Crippen LogP contribution in [0.1, 0.15) is 42.1 Å². The minimum Gasteiger partial charge on any atom is -0.343 e. The van der Waals surface area contributed by atoms with E-state index in [2.05, 4.69) is 16.0 Å². The number of nitrogens with one attached hydrogen (secondary N) is 3.